The van der Waals surface area contributed by atoms with Gasteiger partial charge in [0.25, 0.3) is 0 Å². The van der Waals surface area contributed by atoms with Crippen molar-refractivity contribution in [1.29, 1.82) is 0 Å². The lowest BCUT2D eigenvalue weighted by Gasteiger charge is -2.67. The van der Waals surface area contributed by atoms with Crippen molar-refractivity contribution in [2.45, 2.75) is 224 Å². The normalized spacial score (nSPS) is 27.0. The summed E-state index contributed by atoms with van der Waals surface area (Å²) in [7, 11) is 0. The van der Waals surface area contributed by atoms with E-state index in [4.69, 9.17) is 33.2 Å². The molecule has 0 radical (unpaired) electrons. The minimum absolute atomic E-state index is 0.0171. The fourth-order valence-corrected chi connectivity index (χ4v) is 15.9. The van der Waals surface area contributed by atoms with Gasteiger partial charge in [0.05, 0.1) is 68.1 Å². The number of ketones is 2. The lowest BCUT2D eigenvalue weighted by atomic mass is 9.44. The largest absolute Gasteiger partial charge is 0.456 e. The number of alkyl carbamates (subject to hydrolysis) is 1. The van der Waals surface area contributed by atoms with Crippen LogP contribution in [0.4, 0.5) is 4.79 Å². The quantitative estimate of drug-likeness (QED) is 0.0139. The van der Waals surface area contributed by atoms with Crippen molar-refractivity contribution in [2.75, 3.05) is 46.1 Å². The number of carbonyl (C=O) groups excluding carboxylic acids is 10. The van der Waals surface area contributed by atoms with E-state index in [2.05, 4.69) is 26.6 Å². The van der Waals surface area contributed by atoms with Gasteiger partial charge in [0.2, 0.25) is 23.6 Å². The molecule has 2 bridgehead atoms. The Balaban J connectivity index is 0.000000255. The van der Waals surface area contributed by atoms with E-state index < -0.39 is 160 Å². The molecule has 2 saturated carbocycles. The molecule has 27 heteroatoms. The number of morpholine rings is 1. The number of aliphatic hydroxyl groups is 4. The lowest BCUT2D eigenvalue weighted by molar-refractivity contribution is -0.346. The van der Waals surface area contributed by atoms with E-state index in [-0.39, 0.29) is 66.2 Å². The Morgan fingerprint density at radius 2 is 1.22 bits per heavy atom. The Bertz CT molecular complexity index is 3960. The van der Waals surface area contributed by atoms with E-state index in [1.807, 2.05) is 93.3 Å². The number of hydrogen-bond donors (Lipinski definition) is 9. The van der Waals surface area contributed by atoms with Crippen molar-refractivity contribution < 1.29 is 102 Å². The minimum Gasteiger partial charge on any atom is -0.456 e. The number of epoxide rings is 1. The molecule has 3 aliphatic heterocycles. The number of esters is 3. The van der Waals surface area contributed by atoms with Crippen LogP contribution < -0.4 is 26.6 Å². The average Bonchev–Trinajstić information content (AvgIpc) is 1.03. The third-order valence-electron chi connectivity index (χ3n) is 21.9. The van der Waals surface area contributed by atoms with Crippen LogP contribution in [0.25, 0.3) is 0 Å². The van der Waals surface area contributed by atoms with Crippen LogP contribution in [-0.4, -0.2) is 214 Å². The topological polar surface area (TPSA) is 383 Å². The van der Waals surface area contributed by atoms with Crippen molar-refractivity contribution in [1.82, 2.24) is 31.5 Å². The van der Waals surface area contributed by atoms with Gasteiger partial charge in [0, 0.05) is 44.7 Å². The third kappa shape index (κ3) is 19.9. The number of aliphatic hydroxyl groups excluding tert-OH is 3. The van der Waals surface area contributed by atoms with E-state index in [0.717, 1.165) is 18.1 Å². The molecule has 10 rings (SSSR count). The molecule has 9 N–H and O–H groups in total. The lowest BCUT2D eigenvalue weighted by Crippen LogP contribution is -2.81. The molecular formula is C83H110N6O21. The third-order valence-corrected chi connectivity index (χ3v) is 21.9. The number of nitrogens with zero attached hydrogens (tertiary/aromatic N) is 1. The highest BCUT2D eigenvalue weighted by molar-refractivity contribution is 5.99. The average molecular weight is 1530 g/mol. The summed E-state index contributed by atoms with van der Waals surface area (Å²) in [4.78, 5) is 139. The fraction of sp³-hybridized carbons (Fsp3) is 0.566. The fourth-order valence-electron chi connectivity index (χ4n) is 15.9. The Morgan fingerprint density at radius 1 is 0.682 bits per heavy atom. The monoisotopic (exact) mass is 1530 g/mol. The summed E-state index contributed by atoms with van der Waals surface area (Å²) in [6.45, 7) is 24.1. The van der Waals surface area contributed by atoms with E-state index in [1.165, 1.54) is 26.0 Å². The second kappa shape index (κ2) is 35.7. The zero-order valence-electron chi connectivity index (χ0n) is 65.2. The van der Waals surface area contributed by atoms with Crippen LogP contribution in [0.15, 0.2) is 132 Å². The van der Waals surface area contributed by atoms with Crippen LogP contribution in [0.3, 0.4) is 0 Å². The molecular weight excluding hydrogens is 1420 g/mol. The Labute approximate surface area is 643 Å². The maximum atomic E-state index is 14.9. The van der Waals surface area contributed by atoms with Crippen LogP contribution in [0, 0.1) is 28.6 Å². The molecule has 3 aliphatic carbocycles. The van der Waals surface area contributed by atoms with Gasteiger partial charge in [-0.05, 0) is 119 Å². The van der Waals surface area contributed by atoms with E-state index in [1.54, 1.807) is 90.1 Å². The van der Waals surface area contributed by atoms with Crippen molar-refractivity contribution in [3.8, 4) is 0 Å². The number of ether oxygens (including phenoxy) is 7. The maximum absolute atomic E-state index is 14.9. The smallest absolute Gasteiger partial charge is 0.408 e. The van der Waals surface area contributed by atoms with Gasteiger partial charge in [-0.15, -0.1) is 0 Å². The number of Topliss-reactive ketones (excluding diaryl/α,β-unsaturated/α-hetero) is 2. The molecule has 6 aliphatic rings. The molecule has 110 heavy (non-hydrogen) atoms. The van der Waals surface area contributed by atoms with Gasteiger partial charge in [0.15, 0.2) is 23.3 Å². The predicted molar refractivity (Wildman–Crippen MR) is 402 cm³/mol. The zero-order valence-corrected chi connectivity index (χ0v) is 65.2. The molecule has 27 nitrogen and oxygen atoms in total. The first kappa shape index (κ1) is 85.2. The first-order valence-corrected chi connectivity index (χ1v) is 37.9. The molecule has 3 heterocycles. The molecule has 4 aromatic rings. The van der Waals surface area contributed by atoms with Crippen LogP contribution in [0.1, 0.15) is 155 Å². The Morgan fingerprint density at radius 3 is 1.77 bits per heavy atom. The van der Waals surface area contributed by atoms with Crippen LogP contribution in [0.5, 0.6) is 0 Å². The van der Waals surface area contributed by atoms with Gasteiger partial charge in [0.1, 0.15) is 59.3 Å². The SMILES string of the molecule is CC(=O)O[C@@]12CO[C@@H]1C[C@H](O)[C@@]1(C)C(=O)[C@H](O)C3=C(C)[C@@H](OC(=O)[C@H](O)[C@@H](NC(=O)OC(C)(C)C)c4ccccc4)C[C@@](O)([C@@H](OC(=O)c4ccccc4)[C@H]21)C3(C)C.CC(C)C[C@H](NC(=O)[C@H](CCc1ccccc1)NC(=O)CN1CCOCC1)C(=O)N[C@@H](Cc1ccccc1)C(=O)N[C@@H](CC(C)C)C(=O)[C@@]1(C)CO1. The molecule has 3 saturated heterocycles. The van der Waals surface area contributed by atoms with E-state index in [0.29, 0.717) is 64.2 Å². The van der Waals surface area contributed by atoms with Gasteiger partial charge in [-0.25, -0.2) is 14.4 Å². The standard InChI is InChI=1S/C43H53NO14.C40H57N5O7/c1-22-26(55-37(51)32(48)30(24-15-11-9-12-16-24)44-38(52)58-39(3,4)5)20-43(53)35(56-36(50)25-17-13-10-14-18-25)33-41(8,34(49)31(47)29(22)40(43,6)7)27(46)19-28-42(33,21-54-28)57-23(2)45;1-27(2)22-32(36(47)40(5)26-52-40)42-39(50)34(24-30-14-10-7-11-15-30)44-38(49)33(23-28(3)4)43-37(48)31(17-16-29-12-8-6-9-13-29)41-35(46)25-45-18-20-51-21-19-45/h9-18,26-28,30-33,35,46-48,53H,19-21H2,1-8H3,(H,44,52);6-15,27-28,31-34H,16-26H2,1-5H3,(H,41,46)(H,42,50)(H,43,48)(H,44,49)/t26-,27-,28+,30-,31+,32+,33-,35-,41+,42-,43+;31-,32-,33-,34-,40+/m00/s1. The van der Waals surface area contributed by atoms with Gasteiger partial charge < -0.3 is 80.2 Å². The maximum Gasteiger partial charge on any atom is 0.408 e. The van der Waals surface area contributed by atoms with Crippen molar-refractivity contribution in [3.63, 3.8) is 0 Å². The summed E-state index contributed by atoms with van der Waals surface area (Å²) < 4.78 is 40.3. The predicted octanol–water partition coefficient (Wildman–Crippen LogP) is 5.84. The first-order chi connectivity index (χ1) is 51.8. The summed E-state index contributed by atoms with van der Waals surface area (Å²) in [5, 5.41) is 63.2. The molecule has 5 amide bonds. The summed E-state index contributed by atoms with van der Waals surface area (Å²) in [5.41, 5.74) is -7.22. The minimum atomic E-state index is -2.35. The first-order valence-electron chi connectivity index (χ1n) is 37.9. The van der Waals surface area contributed by atoms with Crippen LogP contribution >= 0.6 is 0 Å². The summed E-state index contributed by atoms with van der Waals surface area (Å²) >= 11 is 0. The highest BCUT2D eigenvalue weighted by Crippen LogP contribution is 2.64. The summed E-state index contributed by atoms with van der Waals surface area (Å²) in [6, 6.07) is 29.9. The second-order valence-electron chi connectivity index (χ2n) is 32.6. The van der Waals surface area contributed by atoms with Gasteiger partial charge in [-0.2, -0.15) is 0 Å². The van der Waals surface area contributed by atoms with Crippen molar-refractivity contribution in [2.24, 2.45) is 28.6 Å². The number of aryl methyl sites for hydroxylation is 1. The number of fused-ring (bicyclic) bond motifs is 5. The number of benzene rings is 4. The molecule has 0 unspecified atom stereocenters. The second-order valence-corrected chi connectivity index (χ2v) is 32.6. The highest BCUT2D eigenvalue weighted by atomic mass is 16.6. The van der Waals surface area contributed by atoms with E-state index >= 15 is 0 Å². The molecule has 16 atom stereocenters. The van der Waals surface area contributed by atoms with Crippen molar-refractivity contribution in [3.05, 3.63) is 155 Å². The molecule has 0 spiro atoms. The number of carbonyl (C=O) groups is 10. The number of amides is 5. The van der Waals surface area contributed by atoms with E-state index in [9.17, 15) is 68.4 Å². The Kier molecular flexibility index (Phi) is 27.7. The van der Waals surface area contributed by atoms with Crippen molar-refractivity contribution >= 4 is 59.2 Å². The van der Waals surface area contributed by atoms with Crippen LogP contribution in [0.2, 0.25) is 0 Å². The van der Waals surface area contributed by atoms with Crippen LogP contribution in [-0.2, 0) is 84.4 Å². The number of rotatable bonds is 28. The zero-order chi connectivity index (χ0) is 80.4. The van der Waals surface area contributed by atoms with Gasteiger partial charge >= 0.3 is 24.0 Å². The van der Waals surface area contributed by atoms with Gasteiger partial charge in [-0.3, -0.25) is 38.5 Å². The number of hydrogen-bond acceptors (Lipinski definition) is 22. The number of nitrogens with one attached hydrogen (secondary N) is 5. The molecule has 0 aromatic heterocycles. The summed E-state index contributed by atoms with van der Waals surface area (Å²) in [5.74, 6) is -7.20. The summed E-state index contributed by atoms with van der Waals surface area (Å²) in [6.07, 6.45) is -9.72. The molecule has 598 valence electrons. The van der Waals surface area contributed by atoms with Gasteiger partial charge in [-0.1, -0.05) is 151 Å². The Hall–Kier alpha value is -8.80. The highest BCUT2D eigenvalue weighted by Gasteiger charge is 2.78. The molecule has 4 aromatic carbocycles. The molecule has 5 fully saturated rings.